The lowest BCUT2D eigenvalue weighted by molar-refractivity contribution is 0.255. The zero-order valence-electron chi connectivity index (χ0n) is 14.3. The number of ether oxygens (including phenoxy) is 1. The summed E-state index contributed by atoms with van der Waals surface area (Å²) in [5.74, 6) is 0.754. The van der Waals surface area contributed by atoms with E-state index in [9.17, 15) is 0 Å². The highest BCUT2D eigenvalue weighted by molar-refractivity contribution is 5.75. The molecule has 1 aliphatic heterocycles. The molecule has 0 amide bonds. The van der Waals surface area contributed by atoms with Gasteiger partial charge in [-0.25, -0.2) is 0 Å². The lowest BCUT2D eigenvalue weighted by Crippen LogP contribution is -2.30. The van der Waals surface area contributed by atoms with Gasteiger partial charge in [0.25, 0.3) is 0 Å². The van der Waals surface area contributed by atoms with Crippen molar-refractivity contribution in [2.24, 2.45) is 0 Å². The Kier molecular flexibility index (Phi) is 6.18. The molecule has 2 rings (SSSR count). The molecule has 1 aromatic carbocycles. The molecule has 1 saturated heterocycles. The quantitative estimate of drug-likeness (QED) is 0.755. The summed E-state index contributed by atoms with van der Waals surface area (Å²) in [6, 6.07) is 6.21. The van der Waals surface area contributed by atoms with Gasteiger partial charge in [-0.15, -0.1) is 0 Å². The first-order valence-electron chi connectivity index (χ1n) is 7.58. The van der Waals surface area contributed by atoms with Crippen LogP contribution in [0, 0.1) is 6.92 Å². The first-order chi connectivity index (χ1) is 10.4. The third-order valence-corrected chi connectivity index (χ3v) is 3.36. The summed E-state index contributed by atoms with van der Waals surface area (Å²) < 4.78 is 5.80. The van der Waals surface area contributed by atoms with E-state index in [0.717, 1.165) is 38.5 Å². The SMILES string of the molecule is C=C(C)/C=C1/OC/C(=c2\ccc(C)cc2=C)C(=C)C1=C.CC. The fraction of sp³-hybridized carbons (Fsp3) is 0.238. The predicted octanol–water partition coefficient (Wildman–Crippen LogP) is 4.18. The molecule has 1 aromatic rings. The third kappa shape index (κ3) is 3.88. The van der Waals surface area contributed by atoms with E-state index in [4.69, 9.17) is 4.74 Å². The van der Waals surface area contributed by atoms with Crippen LogP contribution in [0.2, 0.25) is 0 Å². The Labute approximate surface area is 134 Å². The van der Waals surface area contributed by atoms with Crippen molar-refractivity contribution in [2.45, 2.75) is 27.7 Å². The van der Waals surface area contributed by atoms with Gasteiger partial charge < -0.3 is 4.74 Å². The monoisotopic (exact) mass is 294 g/mol. The van der Waals surface area contributed by atoms with Gasteiger partial charge in [0.1, 0.15) is 12.4 Å². The first kappa shape index (κ1) is 17.8. The van der Waals surface area contributed by atoms with Crippen molar-refractivity contribution in [3.05, 3.63) is 82.5 Å². The molecule has 0 aromatic heterocycles. The Morgan fingerprint density at radius 2 is 1.77 bits per heavy atom. The van der Waals surface area contributed by atoms with Crippen LogP contribution in [-0.2, 0) is 4.74 Å². The Morgan fingerprint density at radius 1 is 1.14 bits per heavy atom. The smallest absolute Gasteiger partial charge is 0.127 e. The van der Waals surface area contributed by atoms with E-state index in [1.807, 2.05) is 26.8 Å². The first-order valence-corrected chi connectivity index (χ1v) is 7.58. The number of benzene rings is 1. The van der Waals surface area contributed by atoms with Crippen LogP contribution in [0.25, 0.3) is 12.2 Å². The van der Waals surface area contributed by atoms with E-state index in [-0.39, 0.29) is 0 Å². The second-order valence-electron chi connectivity index (χ2n) is 5.24. The molecule has 1 aliphatic rings. The molecule has 0 radical (unpaired) electrons. The molecule has 1 nitrogen and oxygen atoms in total. The molecule has 0 bridgehead atoms. The molecule has 1 heterocycles. The van der Waals surface area contributed by atoms with Crippen LogP contribution in [0.3, 0.4) is 0 Å². The maximum Gasteiger partial charge on any atom is 0.127 e. The van der Waals surface area contributed by atoms with Crippen LogP contribution in [0.1, 0.15) is 26.3 Å². The normalized spacial score (nSPS) is 18.5. The molecule has 0 unspecified atom stereocenters. The summed E-state index contributed by atoms with van der Waals surface area (Å²) in [7, 11) is 0. The number of aryl methyl sites for hydroxylation is 1. The average Bonchev–Trinajstić information content (AvgIpc) is 2.47. The van der Waals surface area contributed by atoms with Crippen LogP contribution in [-0.4, -0.2) is 6.61 Å². The van der Waals surface area contributed by atoms with Gasteiger partial charge in [-0.3, -0.25) is 0 Å². The van der Waals surface area contributed by atoms with Gasteiger partial charge in [0.2, 0.25) is 0 Å². The van der Waals surface area contributed by atoms with E-state index in [1.165, 1.54) is 5.56 Å². The van der Waals surface area contributed by atoms with Gasteiger partial charge in [-0.05, 0) is 35.9 Å². The summed E-state index contributed by atoms with van der Waals surface area (Å²) in [5, 5.41) is 2.07. The van der Waals surface area contributed by atoms with Crippen molar-refractivity contribution in [3.63, 3.8) is 0 Å². The second kappa shape index (κ2) is 7.65. The highest BCUT2D eigenvalue weighted by Gasteiger charge is 2.19. The average molecular weight is 294 g/mol. The number of hydrogen-bond acceptors (Lipinski definition) is 1. The van der Waals surface area contributed by atoms with E-state index >= 15 is 0 Å². The number of rotatable bonds is 1. The van der Waals surface area contributed by atoms with Crippen molar-refractivity contribution in [3.8, 4) is 0 Å². The number of hydrogen-bond donors (Lipinski definition) is 0. The van der Waals surface area contributed by atoms with Crippen LogP contribution >= 0.6 is 0 Å². The lowest BCUT2D eigenvalue weighted by Gasteiger charge is -2.24. The van der Waals surface area contributed by atoms with E-state index < -0.39 is 0 Å². The fourth-order valence-corrected chi connectivity index (χ4v) is 2.26. The Bertz CT molecular complexity index is 745. The van der Waals surface area contributed by atoms with Crippen molar-refractivity contribution in [1.82, 2.24) is 0 Å². The van der Waals surface area contributed by atoms with Gasteiger partial charge >= 0.3 is 0 Å². The summed E-state index contributed by atoms with van der Waals surface area (Å²) in [6.45, 7) is 24.7. The second-order valence-corrected chi connectivity index (χ2v) is 5.24. The van der Waals surface area contributed by atoms with Gasteiger partial charge in [0.15, 0.2) is 0 Å². The standard InChI is InChI=1S/C19H20O.C2H6/c1-12(2)9-19-16(6)15(5)18(11-20-19)17-8-7-13(3)10-14(17)4;1-2/h7-10H,1,4-6,11H2,2-3H3;1-2H3/b18-17-,19-9+;. The fourth-order valence-electron chi connectivity index (χ4n) is 2.26. The molecule has 116 valence electrons. The Hall–Kier alpha value is -2.28. The zero-order valence-corrected chi connectivity index (χ0v) is 14.3. The van der Waals surface area contributed by atoms with Gasteiger partial charge in [-0.1, -0.05) is 69.5 Å². The zero-order chi connectivity index (χ0) is 16.9. The summed E-state index contributed by atoms with van der Waals surface area (Å²) in [4.78, 5) is 0. The molecular formula is C21H26O. The molecule has 0 saturated carbocycles. The Balaban J connectivity index is 0.00000116. The van der Waals surface area contributed by atoms with Crippen LogP contribution in [0.15, 0.2) is 66.5 Å². The maximum absolute atomic E-state index is 5.80. The molecule has 0 N–H and O–H groups in total. The van der Waals surface area contributed by atoms with Crippen molar-refractivity contribution in [1.29, 1.82) is 0 Å². The van der Waals surface area contributed by atoms with E-state index in [0.29, 0.717) is 6.61 Å². The van der Waals surface area contributed by atoms with Gasteiger partial charge in [0.05, 0.1) is 0 Å². The van der Waals surface area contributed by atoms with Crippen LogP contribution in [0.4, 0.5) is 0 Å². The molecule has 0 atom stereocenters. The molecular weight excluding hydrogens is 268 g/mol. The van der Waals surface area contributed by atoms with Gasteiger partial charge in [-0.2, -0.15) is 0 Å². The molecule has 0 aliphatic carbocycles. The Morgan fingerprint density at radius 3 is 2.32 bits per heavy atom. The predicted molar refractivity (Wildman–Crippen MR) is 97.8 cm³/mol. The highest BCUT2D eigenvalue weighted by atomic mass is 16.5. The molecule has 22 heavy (non-hydrogen) atoms. The maximum atomic E-state index is 5.80. The topological polar surface area (TPSA) is 9.23 Å². The van der Waals surface area contributed by atoms with Crippen LogP contribution < -0.4 is 10.4 Å². The molecule has 1 heteroatoms. The van der Waals surface area contributed by atoms with Crippen molar-refractivity contribution in [2.75, 3.05) is 6.61 Å². The third-order valence-electron chi connectivity index (χ3n) is 3.36. The highest BCUT2D eigenvalue weighted by Crippen LogP contribution is 2.30. The largest absolute Gasteiger partial charge is 0.488 e. The van der Waals surface area contributed by atoms with Crippen molar-refractivity contribution >= 4 is 12.2 Å². The van der Waals surface area contributed by atoms with Crippen LogP contribution in [0.5, 0.6) is 0 Å². The van der Waals surface area contributed by atoms with E-state index in [1.54, 1.807) is 0 Å². The summed E-state index contributed by atoms with van der Waals surface area (Å²) in [6.07, 6.45) is 1.89. The molecule has 0 spiro atoms. The molecule has 1 fully saturated rings. The van der Waals surface area contributed by atoms with Gasteiger partial charge in [0, 0.05) is 11.1 Å². The minimum atomic E-state index is 0.489. The van der Waals surface area contributed by atoms with Crippen molar-refractivity contribution < 1.29 is 4.74 Å². The lowest BCUT2D eigenvalue weighted by atomic mass is 9.93. The summed E-state index contributed by atoms with van der Waals surface area (Å²) >= 11 is 0. The van der Waals surface area contributed by atoms with E-state index in [2.05, 4.69) is 51.4 Å². The summed E-state index contributed by atoms with van der Waals surface area (Å²) in [5.41, 5.74) is 4.92. The minimum Gasteiger partial charge on any atom is -0.488 e. The minimum absolute atomic E-state index is 0.489. The number of allylic oxidation sites excluding steroid dienone is 3.